The SMILES string of the molecule is CC(C)(O)CN1CCN(C(c2ccc(F)cc2)c2nncn2Cc2ccccc2)CC1. The zero-order valence-corrected chi connectivity index (χ0v) is 18.2. The number of hydrogen-bond acceptors (Lipinski definition) is 5. The van der Waals surface area contributed by atoms with Crippen LogP contribution in [0.25, 0.3) is 0 Å². The molecule has 2 aromatic carbocycles. The fraction of sp³-hybridized carbons (Fsp3) is 0.417. The van der Waals surface area contributed by atoms with Crippen LogP contribution in [-0.4, -0.2) is 68.0 Å². The van der Waals surface area contributed by atoms with Crippen LogP contribution in [0, 0.1) is 5.82 Å². The van der Waals surface area contributed by atoms with Gasteiger partial charge < -0.3 is 9.67 Å². The number of benzene rings is 2. The highest BCUT2D eigenvalue weighted by molar-refractivity contribution is 5.26. The third kappa shape index (κ3) is 5.55. The third-order valence-corrected chi connectivity index (χ3v) is 5.65. The second kappa shape index (κ2) is 9.26. The van der Waals surface area contributed by atoms with Crippen molar-refractivity contribution in [1.82, 2.24) is 24.6 Å². The third-order valence-electron chi connectivity index (χ3n) is 5.65. The number of rotatable bonds is 7. The topological polar surface area (TPSA) is 57.4 Å². The van der Waals surface area contributed by atoms with E-state index in [-0.39, 0.29) is 11.9 Å². The predicted octanol–water partition coefficient (Wildman–Crippen LogP) is 2.94. The molecule has 3 aromatic rings. The summed E-state index contributed by atoms with van der Waals surface area (Å²) < 4.78 is 15.7. The minimum Gasteiger partial charge on any atom is -0.389 e. The molecule has 1 fully saturated rings. The number of β-amino-alcohol motifs (C(OH)–C–C–N with tert-alkyl or cyclic N) is 1. The molecule has 6 nitrogen and oxygen atoms in total. The van der Waals surface area contributed by atoms with Gasteiger partial charge in [0.15, 0.2) is 5.82 Å². The predicted molar refractivity (Wildman–Crippen MR) is 118 cm³/mol. The minimum absolute atomic E-state index is 0.115. The highest BCUT2D eigenvalue weighted by Crippen LogP contribution is 2.29. The van der Waals surface area contributed by atoms with Gasteiger partial charge in [-0.15, -0.1) is 10.2 Å². The quantitative estimate of drug-likeness (QED) is 0.633. The molecule has 2 heterocycles. The molecule has 1 unspecified atom stereocenters. The van der Waals surface area contributed by atoms with Crippen LogP contribution in [0.3, 0.4) is 0 Å². The van der Waals surface area contributed by atoms with Crippen LogP contribution in [-0.2, 0) is 6.54 Å². The summed E-state index contributed by atoms with van der Waals surface area (Å²) in [7, 11) is 0. The Kier molecular flexibility index (Phi) is 6.46. The lowest BCUT2D eigenvalue weighted by Crippen LogP contribution is -2.51. The van der Waals surface area contributed by atoms with Crippen LogP contribution in [0.2, 0.25) is 0 Å². The lowest BCUT2D eigenvalue weighted by atomic mass is 10.0. The molecule has 31 heavy (non-hydrogen) atoms. The maximum absolute atomic E-state index is 13.6. The Morgan fingerprint density at radius 3 is 2.32 bits per heavy atom. The van der Waals surface area contributed by atoms with E-state index in [0.29, 0.717) is 13.1 Å². The Morgan fingerprint density at radius 2 is 1.68 bits per heavy atom. The average Bonchev–Trinajstić information content (AvgIpc) is 3.18. The van der Waals surface area contributed by atoms with E-state index in [1.165, 1.54) is 17.7 Å². The minimum atomic E-state index is -0.714. The molecule has 1 aromatic heterocycles. The maximum Gasteiger partial charge on any atom is 0.155 e. The molecule has 1 atom stereocenters. The van der Waals surface area contributed by atoms with Crippen molar-refractivity contribution in [3.05, 3.63) is 83.7 Å². The van der Waals surface area contributed by atoms with Crippen molar-refractivity contribution in [2.45, 2.75) is 32.0 Å². The van der Waals surface area contributed by atoms with Crippen LogP contribution in [0.15, 0.2) is 60.9 Å². The van der Waals surface area contributed by atoms with E-state index in [1.54, 1.807) is 6.33 Å². The summed E-state index contributed by atoms with van der Waals surface area (Å²) in [5, 5.41) is 18.9. The molecule has 0 saturated carbocycles. The monoisotopic (exact) mass is 423 g/mol. The number of aromatic nitrogens is 3. The van der Waals surface area contributed by atoms with Gasteiger partial charge in [0.25, 0.3) is 0 Å². The highest BCUT2D eigenvalue weighted by Gasteiger charge is 2.31. The lowest BCUT2D eigenvalue weighted by molar-refractivity contribution is 0.0127. The van der Waals surface area contributed by atoms with Crippen LogP contribution < -0.4 is 0 Å². The molecule has 0 radical (unpaired) electrons. The van der Waals surface area contributed by atoms with E-state index in [0.717, 1.165) is 37.6 Å². The van der Waals surface area contributed by atoms with Gasteiger partial charge in [0.05, 0.1) is 18.2 Å². The summed E-state index contributed by atoms with van der Waals surface area (Å²) in [4.78, 5) is 4.66. The van der Waals surface area contributed by atoms with Crippen molar-refractivity contribution in [1.29, 1.82) is 0 Å². The molecule has 1 aliphatic rings. The average molecular weight is 424 g/mol. The van der Waals surface area contributed by atoms with E-state index in [4.69, 9.17) is 0 Å². The van der Waals surface area contributed by atoms with Crippen molar-refractivity contribution in [2.24, 2.45) is 0 Å². The first-order valence-electron chi connectivity index (χ1n) is 10.7. The van der Waals surface area contributed by atoms with Crippen molar-refractivity contribution >= 4 is 0 Å². The van der Waals surface area contributed by atoms with E-state index >= 15 is 0 Å². The molecule has 1 saturated heterocycles. The number of aliphatic hydroxyl groups is 1. The maximum atomic E-state index is 13.6. The molecule has 0 spiro atoms. The number of halogens is 1. The molecular weight excluding hydrogens is 393 g/mol. The van der Waals surface area contributed by atoms with E-state index in [1.807, 2.05) is 44.2 Å². The molecule has 164 valence electrons. The van der Waals surface area contributed by atoms with Gasteiger partial charge in [0.2, 0.25) is 0 Å². The Balaban J connectivity index is 1.60. The van der Waals surface area contributed by atoms with Gasteiger partial charge in [0, 0.05) is 32.7 Å². The zero-order valence-electron chi connectivity index (χ0n) is 18.2. The summed E-state index contributed by atoms with van der Waals surface area (Å²) >= 11 is 0. The summed E-state index contributed by atoms with van der Waals surface area (Å²) in [6, 6.07) is 16.8. The van der Waals surface area contributed by atoms with Crippen LogP contribution in [0.1, 0.15) is 36.8 Å². The van der Waals surface area contributed by atoms with E-state index in [9.17, 15) is 9.50 Å². The van der Waals surface area contributed by atoms with E-state index in [2.05, 4.69) is 36.7 Å². The normalized spacial score (nSPS) is 17.0. The molecule has 4 rings (SSSR count). The van der Waals surface area contributed by atoms with Crippen molar-refractivity contribution in [2.75, 3.05) is 32.7 Å². The molecule has 1 N–H and O–H groups in total. The van der Waals surface area contributed by atoms with Crippen molar-refractivity contribution in [3.8, 4) is 0 Å². The first kappa shape index (κ1) is 21.6. The summed E-state index contributed by atoms with van der Waals surface area (Å²) in [5.41, 5.74) is 1.46. The summed E-state index contributed by atoms with van der Waals surface area (Å²) in [6.45, 7) is 8.38. The van der Waals surface area contributed by atoms with Crippen LogP contribution in [0.4, 0.5) is 4.39 Å². The van der Waals surface area contributed by atoms with Gasteiger partial charge >= 0.3 is 0 Å². The molecule has 1 aliphatic heterocycles. The van der Waals surface area contributed by atoms with Gasteiger partial charge in [-0.25, -0.2) is 4.39 Å². The summed E-state index contributed by atoms with van der Waals surface area (Å²) in [5.74, 6) is 0.606. The Labute approximate surface area is 182 Å². The second-order valence-electron chi connectivity index (χ2n) is 8.88. The van der Waals surface area contributed by atoms with Crippen molar-refractivity contribution in [3.63, 3.8) is 0 Å². The van der Waals surface area contributed by atoms with E-state index < -0.39 is 5.60 Å². The highest BCUT2D eigenvalue weighted by atomic mass is 19.1. The van der Waals surface area contributed by atoms with Gasteiger partial charge in [-0.05, 0) is 37.1 Å². The van der Waals surface area contributed by atoms with Crippen molar-refractivity contribution < 1.29 is 9.50 Å². The fourth-order valence-corrected chi connectivity index (χ4v) is 4.27. The Hall–Kier alpha value is -2.61. The fourth-order valence-electron chi connectivity index (χ4n) is 4.27. The first-order chi connectivity index (χ1) is 14.9. The van der Waals surface area contributed by atoms with Gasteiger partial charge in [-0.3, -0.25) is 9.80 Å². The molecule has 0 bridgehead atoms. The molecule has 7 heteroatoms. The molecule has 0 amide bonds. The first-order valence-corrected chi connectivity index (χ1v) is 10.7. The lowest BCUT2D eigenvalue weighted by Gasteiger charge is -2.40. The molecular formula is C24H30FN5O. The Bertz CT molecular complexity index is 960. The molecule has 0 aliphatic carbocycles. The van der Waals surface area contributed by atoms with Crippen LogP contribution >= 0.6 is 0 Å². The largest absolute Gasteiger partial charge is 0.389 e. The Morgan fingerprint density at radius 1 is 1.00 bits per heavy atom. The smallest absolute Gasteiger partial charge is 0.155 e. The number of nitrogens with zero attached hydrogens (tertiary/aromatic N) is 5. The second-order valence-corrected chi connectivity index (χ2v) is 8.88. The summed E-state index contributed by atoms with van der Waals surface area (Å²) in [6.07, 6.45) is 1.77. The number of piperazine rings is 1. The van der Waals surface area contributed by atoms with Gasteiger partial charge in [0.1, 0.15) is 12.1 Å². The zero-order chi connectivity index (χ0) is 21.8. The number of hydrogen-bond donors (Lipinski definition) is 1. The van der Waals surface area contributed by atoms with Gasteiger partial charge in [-0.2, -0.15) is 0 Å². The standard InChI is InChI=1S/C24H30FN5O/c1-24(2,31)17-28-12-14-29(15-13-28)22(20-8-10-21(25)11-9-20)23-27-26-18-30(23)16-19-6-4-3-5-7-19/h3-11,18,22,31H,12-17H2,1-2H3. The van der Waals surface area contributed by atoms with Gasteiger partial charge in [-0.1, -0.05) is 42.5 Å². The van der Waals surface area contributed by atoms with Crippen LogP contribution in [0.5, 0.6) is 0 Å².